The highest BCUT2D eigenvalue weighted by molar-refractivity contribution is 6.01. The maximum Gasteiger partial charge on any atom is 0.306 e. The van der Waals surface area contributed by atoms with Crippen molar-refractivity contribution in [3.63, 3.8) is 0 Å². The number of amides is 2. The minimum atomic E-state index is -0.944. The SMILES string of the molecule is COCCNc1cc(COc2cccc3c2CN([C@@H](CCC(=O)OC(C)(C)C)C(N)=O)C3=O)ccc1CN1CCOCC1. The topological polar surface area (TPSA) is 133 Å². The number of nitrogens with two attached hydrogens (primary N) is 1. The molecular formula is C32H44N4O7. The summed E-state index contributed by atoms with van der Waals surface area (Å²) >= 11 is 0. The summed E-state index contributed by atoms with van der Waals surface area (Å²) in [6.45, 7) is 11.1. The third-order valence-corrected chi connectivity index (χ3v) is 7.39. The van der Waals surface area contributed by atoms with E-state index in [0.717, 1.165) is 44.1 Å². The van der Waals surface area contributed by atoms with Gasteiger partial charge in [0, 0.05) is 56.5 Å². The zero-order valence-electron chi connectivity index (χ0n) is 25.6. The lowest BCUT2D eigenvalue weighted by Crippen LogP contribution is -2.45. The summed E-state index contributed by atoms with van der Waals surface area (Å²) in [4.78, 5) is 41.8. The third-order valence-electron chi connectivity index (χ3n) is 7.39. The largest absolute Gasteiger partial charge is 0.489 e. The van der Waals surface area contributed by atoms with Crippen LogP contribution in [0.3, 0.4) is 0 Å². The molecule has 0 unspecified atom stereocenters. The summed E-state index contributed by atoms with van der Waals surface area (Å²) in [5.74, 6) is -0.864. The molecule has 1 fully saturated rings. The van der Waals surface area contributed by atoms with E-state index < -0.39 is 23.5 Å². The van der Waals surface area contributed by atoms with Gasteiger partial charge in [0.1, 0.15) is 24.0 Å². The standard InChI is InChI=1S/C32H44N4O7/c1-32(2,3)43-29(37)11-10-27(30(33)38)36-20-25-24(31(36)39)6-5-7-28(25)42-21-22-8-9-23(19-35-13-16-41-17-14-35)26(18-22)34-12-15-40-4/h5-9,18,27,34H,10-17,19-21H2,1-4H3,(H2,33,38)/t27-/m0/s1. The average Bonchev–Trinajstić information content (AvgIpc) is 3.29. The smallest absolute Gasteiger partial charge is 0.306 e. The minimum absolute atomic E-state index is 0.0311. The lowest BCUT2D eigenvalue weighted by molar-refractivity contribution is -0.155. The predicted molar refractivity (Wildman–Crippen MR) is 162 cm³/mol. The van der Waals surface area contributed by atoms with E-state index >= 15 is 0 Å². The Morgan fingerprint density at radius 1 is 1.14 bits per heavy atom. The number of nitrogens with zero attached hydrogens (tertiary/aromatic N) is 2. The van der Waals surface area contributed by atoms with Crippen molar-refractivity contribution in [3.8, 4) is 5.75 Å². The average molecular weight is 597 g/mol. The van der Waals surface area contributed by atoms with Crippen LogP contribution in [0.4, 0.5) is 5.69 Å². The van der Waals surface area contributed by atoms with E-state index in [4.69, 9.17) is 24.7 Å². The molecule has 2 aliphatic heterocycles. The molecule has 43 heavy (non-hydrogen) atoms. The van der Waals surface area contributed by atoms with Gasteiger partial charge >= 0.3 is 5.97 Å². The fourth-order valence-electron chi connectivity index (χ4n) is 5.28. The predicted octanol–water partition coefficient (Wildman–Crippen LogP) is 3.09. The molecule has 0 saturated carbocycles. The Morgan fingerprint density at radius 2 is 1.91 bits per heavy atom. The van der Waals surface area contributed by atoms with Crippen LogP contribution in [0.2, 0.25) is 0 Å². The van der Waals surface area contributed by atoms with Crippen LogP contribution in [-0.4, -0.2) is 85.8 Å². The monoisotopic (exact) mass is 596 g/mol. The van der Waals surface area contributed by atoms with Gasteiger partial charge in [0.05, 0.1) is 26.4 Å². The van der Waals surface area contributed by atoms with Gasteiger partial charge in [-0.05, 0) is 56.5 Å². The van der Waals surface area contributed by atoms with E-state index in [2.05, 4.69) is 28.4 Å². The van der Waals surface area contributed by atoms with Crippen LogP contribution in [0, 0.1) is 0 Å². The maximum atomic E-state index is 13.3. The van der Waals surface area contributed by atoms with Crippen LogP contribution in [0.1, 0.15) is 60.7 Å². The van der Waals surface area contributed by atoms with Gasteiger partial charge < -0.3 is 34.9 Å². The molecule has 11 heteroatoms. The number of ether oxygens (including phenoxy) is 4. The zero-order valence-corrected chi connectivity index (χ0v) is 25.6. The van der Waals surface area contributed by atoms with Gasteiger partial charge in [0.15, 0.2) is 0 Å². The van der Waals surface area contributed by atoms with Crippen molar-refractivity contribution >= 4 is 23.5 Å². The number of benzene rings is 2. The van der Waals surface area contributed by atoms with Crippen molar-refractivity contribution < 1.29 is 33.3 Å². The fourth-order valence-corrected chi connectivity index (χ4v) is 5.28. The molecule has 4 rings (SSSR count). The summed E-state index contributed by atoms with van der Waals surface area (Å²) in [6, 6.07) is 10.6. The molecule has 0 bridgehead atoms. The lowest BCUT2D eigenvalue weighted by atomic mass is 10.1. The van der Waals surface area contributed by atoms with Crippen molar-refractivity contribution in [1.82, 2.24) is 9.80 Å². The Hall–Kier alpha value is -3.67. The number of anilines is 1. The second kappa shape index (κ2) is 14.7. The Balaban J connectivity index is 1.45. The fraction of sp³-hybridized carbons (Fsp3) is 0.531. The number of morpholine rings is 1. The summed E-state index contributed by atoms with van der Waals surface area (Å²) < 4.78 is 22.3. The number of primary amides is 1. The van der Waals surface area contributed by atoms with E-state index in [0.29, 0.717) is 36.6 Å². The van der Waals surface area contributed by atoms with Crippen molar-refractivity contribution in [1.29, 1.82) is 0 Å². The van der Waals surface area contributed by atoms with Crippen LogP contribution in [0.5, 0.6) is 5.75 Å². The number of carbonyl (C=O) groups excluding carboxylic acids is 3. The molecule has 0 spiro atoms. The van der Waals surface area contributed by atoms with Crippen LogP contribution in [-0.2, 0) is 43.5 Å². The van der Waals surface area contributed by atoms with Crippen molar-refractivity contribution in [2.75, 3.05) is 51.9 Å². The normalized spacial score (nSPS) is 16.1. The Bertz CT molecular complexity index is 1290. The number of nitrogens with one attached hydrogen (secondary N) is 1. The van der Waals surface area contributed by atoms with Crippen LogP contribution >= 0.6 is 0 Å². The second-order valence-corrected chi connectivity index (χ2v) is 11.8. The molecule has 1 saturated heterocycles. The quantitative estimate of drug-likeness (QED) is 0.249. The number of rotatable bonds is 14. The highest BCUT2D eigenvalue weighted by atomic mass is 16.6. The Morgan fingerprint density at radius 3 is 2.60 bits per heavy atom. The maximum absolute atomic E-state index is 13.3. The van der Waals surface area contributed by atoms with Gasteiger partial charge in [-0.2, -0.15) is 0 Å². The summed E-state index contributed by atoms with van der Waals surface area (Å²) in [5.41, 5.74) is 9.38. The zero-order chi connectivity index (χ0) is 31.0. The molecule has 0 aliphatic carbocycles. The van der Waals surface area contributed by atoms with Gasteiger partial charge in [-0.3, -0.25) is 19.3 Å². The number of carbonyl (C=O) groups is 3. The first-order chi connectivity index (χ1) is 20.6. The number of hydrogen-bond donors (Lipinski definition) is 2. The molecule has 1 atom stereocenters. The van der Waals surface area contributed by atoms with E-state index in [1.54, 1.807) is 40.0 Å². The number of methoxy groups -OCH3 is 1. The van der Waals surface area contributed by atoms with Gasteiger partial charge in [0.2, 0.25) is 5.91 Å². The first kappa shape index (κ1) is 32.2. The van der Waals surface area contributed by atoms with Crippen LogP contribution < -0.4 is 15.8 Å². The summed E-state index contributed by atoms with van der Waals surface area (Å²) in [5, 5.41) is 3.48. The van der Waals surface area contributed by atoms with E-state index in [1.165, 1.54) is 10.5 Å². The van der Waals surface area contributed by atoms with Gasteiger partial charge in [-0.15, -0.1) is 0 Å². The summed E-state index contributed by atoms with van der Waals surface area (Å²) in [7, 11) is 1.68. The van der Waals surface area contributed by atoms with Crippen molar-refractivity contribution in [2.45, 2.75) is 65.0 Å². The van der Waals surface area contributed by atoms with Crippen LogP contribution in [0.25, 0.3) is 0 Å². The van der Waals surface area contributed by atoms with E-state index in [1.807, 2.05) is 6.07 Å². The van der Waals surface area contributed by atoms with E-state index in [9.17, 15) is 14.4 Å². The third kappa shape index (κ3) is 8.92. The Labute approximate surface area is 253 Å². The van der Waals surface area contributed by atoms with Gasteiger partial charge in [-0.1, -0.05) is 18.2 Å². The van der Waals surface area contributed by atoms with Crippen LogP contribution in [0.15, 0.2) is 36.4 Å². The lowest BCUT2D eigenvalue weighted by Gasteiger charge is -2.27. The molecule has 2 heterocycles. The highest BCUT2D eigenvalue weighted by Crippen LogP contribution is 2.34. The summed E-state index contributed by atoms with van der Waals surface area (Å²) in [6.07, 6.45) is 0.0481. The molecule has 2 aromatic carbocycles. The van der Waals surface area contributed by atoms with Crippen molar-refractivity contribution in [2.24, 2.45) is 5.73 Å². The molecule has 2 aromatic rings. The van der Waals surface area contributed by atoms with Crippen molar-refractivity contribution in [3.05, 3.63) is 58.7 Å². The molecule has 0 aromatic heterocycles. The number of esters is 1. The van der Waals surface area contributed by atoms with Gasteiger partial charge in [-0.25, -0.2) is 0 Å². The molecule has 234 valence electrons. The molecule has 3 N–H and O–H groups in total. The number of fused-ring (bicyclic) bond motifs is 1. The first-order valence-electron chi connectivity index (χ1n) is 14.8. The second-order valence-electron chi connectivity index (χ2n) is 11.8. The molecule has 0 radical (unpaired) electrons. The molecule has 2 aliphatic rings. The minimum Gasteiger partial charge on any atom is -0.489 e. The molecule has 2 amide bonds. The number of hydrogen-bond acceptors (Lipinski definition) is 9. The van der Waals surface area contributed by atoms with E-state index in [-0.39, 0.29) is 25.3 Å². The molecule has 11 nitrogen and oxygen atoms in total. The molecular weight excluding hydrogens is 552 g/mol. The highest BCUT2D eigenvalue weighted by Gasteiger charge is 2.37. The first-order valence-corrected chi connectivity index (χ1v) is 14.8. The Kier molecular flexibility index (Phi) is 11.0. The van der Waals surface area contributed by atoms with Gasteiger partial charge in [0.25, 0.3) is 5.91 Å².